The lowest BCUT2D eigenvalue weighted by Crippen LogP contribution is -2.03. The standard InChI is InChI=1S/C15H15NO/c16-11-13-7-5-12(6-8-13)9-10-15(17)14-3-1-2-4-14/h1-10,14H,11,16H2. The third-order valence-corrected chi connectivity index (χ3v) is 2.73. The average Bonchev–Trinajstić information content (AvgIpc) is 2.90. The van der Waals surface area contributed by atoms with Crippen LogP contribution in [-0.4, -0.2) is 5.78 Å². The number of carbonyl (C=O) groups is 1. The predicted octanol–water partition coefficient (Wildman–Crippen LogP) is 2.47. The second-order valence-corrected chi connectivity index (χ2v) is 3.98. The van der Waals surface area contributed by atoms with Crippen molar-refractivity contribution in [3.8, 4) is 0 Å². The molecule has 0 fully saturated rings. The molecule has 2 rings (SSSR count). The normalized spacial score (nSPS) is 14.9. The van der Waals surface area contributed by atoms with Crippen LogP contribution in [0.1, 0.15) is 11.1 Å². The maximum Gasteiger partial charge on any atom is 0.166 e. The Hall–Kier alpha value is -1.93. The van der Waals surface area contributed by atoms with Crippen molar-refractivity contribution in [1.29, 1.82) is 0 Å². The Morgan fingerprint density at radius 3 is 2.41 bits per heavy atom. The number of hydrogen-bond donors (Lipinski definition) is 1. The van der Waals surface area contributed by atoms with Crippen LogP contribution in [-0.2, 0) is 11.3 Å². The second-order valence-electron chi connectivity index (χ2n) is 3.98. The molecule has 2 N–H and O–H groups in total. The molecule has 0 spiro atoms. The van der Waals surface area contributed by atoms with Crippen molar-refractivity contribution in [3.05, 3.63) is 65.8 Å². The monoisotopic (exact) mass is 225 g/mol. The van der Waals surface area contributed by atoms with Crippen LogP contribution >= 0.6 is 0 Å². The molecule has 0 saturated carbocycles. The molecule has 0 amide bonds. The van der Waals surface area contributed by atoms with Crippen molar-refractivity contribution in [2.24, 2.45) is 11.7 Å². The molecule has 86 valence electrons. The lowest BCUT2D eigenvalue weighted by Gasteiger charge is -1.99. The molecule has 0 radical (unpaired) electrons. The largest absolute Gasteiger partial charge is 0.326 e. The fraction of sp³-hybridized carbons (Fsp3) is 0.133. The van der Waals surface area contributed by atoms with Gasteiger partial charge in [-0.2, -0.15) is 0 Å². The van der Waals surface area contributed by atoms with Crippen LogP contribution in [0.3, 0.4) is 0 Å². The highest BCUT2D eigenvalue weighted by molar-refractivity contribution is 5.98. The van der Waals surface area contributed by atoms with Gasteiger partial charge >= 0.3 is 0 Å². The maximum atomic E-state index is 11.7. The Kier molecular flexibility index (Phi) is 3.68. The highest BCUT2D eigenvalue weighted by atomic mass is 16.1. The van der Waals surface area contributed by atoms with Crippen LogP contribution in [0.2, 0.25) is 0 Å². The number of carbonyl (C=O) groups excluding carboxylic acids is 1. The van der Waals surface area contributed by atoms with E-state index in [1.165, 1.54) is 0 Å². The van der Waals surface area contributed by atoms with E-state index in [0.29, 0.717) is 6.54 Å². The van der Waals surface area contributed by atoms with Crippen LogP contribution in [0.4, 0.5) is 0 Å². The summed E-state index contributed by atoms with van der Waals surface area (Å²) in [6.45, 7) is 0.542. The zero-order valence-corrected chi connectivity index (χ0v) is 9.54. The van der Waals surface area contributed by atoms with Gasteiger partial charge in [0.05, 0.1) is 5.92 Å². The summed E-state index contributed by atoms with van der Waals surface area (Å²) < 4.78 is 0. The first-order valence-electron chi connectivity index (χ1n) is 5.65. The number of benzene rings is 1. The Morgan fingerprint density at radius 1 is 1.18 bits per heavy atom. The minimum absolute atomic E-state index is 0.0884. The zero-order chi connectivity index (χ0) is 12.1. The minimum Gasteiger partial charge on any atom is -0.326 e. The summed E-state index contributed by atoms with van der Waals surface area (Å²) >= 11 is 0. The predicted molar refractivity (Wildman–Crippen MR) is 70.1 cm³/mol. The van der Waals surface area contributed by atoms with Gasteiger partial charge in [-0.3, -0.25) is 4.79 Å². The Bertz CT molecular complexity index is 468. The maximum absolute atomic E-state index is 11.7. The van der Waals surface area contributed by atoms with Crippen LogP contribution in [0, 0.1) is 5.92 Å². The van der Waals surface area contributed by atoms with Crippen LogP contribution in [0.15, 0.2) is 54.6 Å². The minimum atomic E-state index is -0.0884. The van der Waals surface area contributed by atoms with E-state index in [0.717, 1.165) is 11.1 Å². The number of allylic oxidation sites excluding steroid dienone is 5. The van der Waals surface area contributed by atoms with Crippen LogP contribution < -0.4 is 5.73 Å². The molecular weight excluding hydrogens is 210 g/mol. The molecule has 17 heavy (non-hydrogen) atoms. The topological polar surface area (TPSA) is 43.1 Å². The van der Waals surface area contributed by atoms with Crippen molar-refractivity contribution in [2.75, 3.05) is 0 Å². The van der Waals surface area contributed by atoms with Gasteiger partial charge in [0.2, 0.25) is 0 Å². The third kappa shape index (κ3) is 3.02. The molecule has 0 unspecified atom stereocenters. The molecule has 2 heteroatoms. The number of hydrogen-bond acceptors (Lipinski definition) is 2. The summed E-state index contributed by atoms with van der Waals surface area (Å²) in [5, 5.41) is 0. The molecule has 0 atom stereocenters. The van der Waals surface area contributed by atoms with Gasteiger partial charge in [-0.15, -0.1) is 0 Å². The van der Waals surface area contributed by atoms with E-state index >= 15 is 0 Å². The number of nitrogens with two attached hydrogens (primary N) is 1. The summed E-state index contributed by atoms with van der Waals surface area (Å²) in [5.41, 5.74) is 7.63. The summed E-state index contributed by atoms with van der Waals surface area (Å²) in [6, 6.07) is 7.87. The van der Waals surface area contributed by atoms with Crippen molar-refractivity contribution < 1.29 is 4.79 Å². The smallest absolute Gasteiger partial charge is 0.166 e. The molecule has 0 bridgehead atoms. The van der Waals surface area contributed by atoms with E-state index in [-0.39, 0.29) is 11.7 Å². The SMILES string of the molecule is NCc1ccc(C=CC(=O)C2C=CC=C2)cc1. The van der Waals surface area contributed by atoms with Gasteiger partial charge in [0.1, 0.15) is 0 Å². The van der Waals surface area contributed by atoms with Gasteiger partial charge in [-0.1, -0.05) is 54.6 Å². The molecule has 2 nitrogen and oxygen atoms in total. The molecule has 1 aliphatic carbocycles. The van der Waals surface area contributed by atoms with Crippen molar-refractivity contribution in [3.63, 3.8) is 0 Å². The van der Waals surface area contributed by atoms with Gasteiger partial charge in [0.15, 0.2) is 5.78 Å². The summed E-state index contributed by atoms with van der Waals surface area (Å²) in [4.78, 5) is 11.7. The number of ketones is 1. The fourth-order valence-electron chi connectivity index (χ4n) is 1.68. The molecule has 0 saturated heterocycles. The van der Waals surface area contributed by atoms with Crippen molar-refractivity contribution in [1.82, 2.24) is 0 Å². The average molecular weight is 225 g/mol. The van der Waals surface area contributed by atoms with Gasteiger partial charge < -0.3 is 5.73 Å². The molecule has 1 aromatic carbocycles. The van der Waals surface area contributed by atoms with Gasteiger partial charge in [-0.25, -0.2) is 0 Å². The second kappa shape index (κ2) is 5.41. The quantitative estimate of drug-likeness (QED) is 0.800. The van der Waals surface area contributed by atoms with E-state index in [1.807, 2.05) is 54.6 Å². The molecule has 0 heterocycles. The fourth-order valence-corrected chi connectivity index (χ4v) is 1.68. The van der Waals surface area contributed by atoms with Gasteiger partial charge in [0, 0.05) is 6.54 Å². The van der Waals surface area contributed by atoms with E-state index < -0.39 is 0 Å². The van der Waals surface area contributed by atoms with E-state index in [9.17, 15) is 4.79 Å². The van der Waals surface area contributed by atoms with E-state index in [1.54, 1.807) is 6.08 Å². The Balaban J connectivity index is 2.01. The van der Waals surface area contributed by atoms with Crippen molar-refractivity contribution in [2.45, 2.75) is 6.54 Å². The molecule has 1 aromatic rings. The lowest BCUT2D eigenvalue weighted by atomic mass is 10.0. The molecule has 0 aromatic heterocycles. The lowest BCUT2D eigenvalue weighted by molar-refractivity contribution is -0.115. The Labute approximate surface area is 101 Å². The first-order valence-corrected chi connectivity index (χ1v) is 5.65. The zero-order valence-electron chi connectivity index (χ0n) is 9.54. The highest BCUT2D eigenvalue weighted by Crippen LogP contribution is 2.12. The van der Waals surface area contributed by atoms with E-state index in [2.05, 4.69) is 0 Å². The van der Waals surface area contributed by atoms with Crippen molar-refractivity contribution >= 4 is 11.9 Å². The van der Waals surface area contributed by atoms with Crippen LogP contribution in [0.25, 0.3) is 6.08 Å². The van der Waals surface area contributed by atoms with Gasteiger partial charge in [-0.05, 0) is 17.2 Å². The summed E-state index contributed by atoms with van der Waals surface area (Å²) in [6.07, 6.45) is 11.0. The number of rotatable bonds is 4. The molecule has 0 aliphatic heterocycles. The summed E-state index contributed by atoms with van der Waals surface area (Å²) in [5.74, 6) is 0.0208. The first kappa shape index (κ1) is 11.6. The third-order valence-electron chi connectivity index (χ3n) is 2.73. The van der Waals surface area contributed by atoms with Gasteiger partial charge in [0.25, 0.3) is 0 Å². The molecule has 1 aliphatic rings. The molecular formula is C15H15NO. The summed E-state index contributed by atoms with van der Waals surface area (Å²) in [7, 11) is 0. The van der Waals surface area contributed by atoms with Crippen LogP contribution in [0.5, 0.6) is 0 Å². The van der Waals surface area contributed by atoms with E-state index in [4.69, 9.17) is 5.73 Å². The Morgan fingerprint density at radius 2 is 1.82 bits per heavy atom. The first-order chi connectivity index (χ1) is 8.29. The highest BCUT2D eigenvalue weighted by Gasteiger charge is 2.10.